The third-order valence-corrected chi connectivity index (χ3v) is 6.77. The number of hydrogen-bond donors (Lipinski definition) is 0. The first-order valence-corrected chi connectivity index (χ1v) is 11.9. The van der Waals surface area contributed by atoms with E-state index in [0.717, 1.165) is 61.4 Å². The van der Waals surface area contributed by atoms with Gasteiger partial charge < -0.3 is 23.5 Å². The van der Waals surface area contributed by atoms with Crippen LogP contribution in [-0.4, -0.2) is 25.6 Å². The van der Waals surface area contributed by atoms with Crippen molar-refractivity contribution in [2.45, 2.75) is 20.4 Å². The Morgan fingerprint density at radius 2 is 1.74 bits per heavy atom. The molecule has 0 saturated carbocycles. The van der Waals surface area contributed by atoms with Gasteiger partial charge in [-0.3, -0.25) is 0 Å². The number of benzene rings is 3. The molecule has 0 spiro atoms. The maximum atomic E-state index is 5.72. The Balaban J connectivity index is 1.68. The van der Waals surface area contributed by atoms with Crippen LogP contribution in [0.15, 0.2) is 65.0 Å². The fraction of sp³-hybridized carbons (Fsp3) is 0.222. The topological polar surface area (TPSA) is 54.2 Å². The Hall–Kier alpha value is -3.71. The van der Waals surface area contributed by atoms with Crippen molar-refractivity contribution in [1.82, 2.24) is 4.57 Å². The van der Waals surface area contributed by atoms with Gasteiger partial charge in [0.2, 0.25) is 6.79 Å². The molecule has 174 valence electrons. The highest BCUT2D eigenvalue weighted by Gasteiger charge is 2.17. The number of aryl methyl sites for hydroxylation is 2. The number of rotatable bonds is 6. The maximum absolute atomic E-state index is 5.72. The van der Waals surface area contributed by atoms with Crippen molar-refractivity contribution in [3.8, 4) is 34.3 Å². The normalized spacial score (nSPS) is 12.8. The summed E-state index contributed by atoms with van der Waals surface area (Å²) in [6.07, 6.45) is 0. The zero-order valence-corrected chi connectivity index (χ0v) is 20.4. The molecule has 0 aliphatic carbocycles. The summed E-state index contributed by atoms with van der Waals surface area (Å²) in [6.45, 7) is 5.06. The first-order valence-electron chi connectivity index (χ1n) is 11.0. The molecule has 2 heterocycles. The number of thiazole rings is 1. The van der Waals surface area contributed by atoms with E-state index in [0.29, 0.717) is 6.54 Å². The van der Waals surface area contributed by atoms with Crippen molar-refractivity contribution in [2.75, 3.05) is 21.0 Å². The van der Waals surface area contributed by atoms with Gasteiger partial charge >= 0.3 is 0 Å². The van der Waals surface area contributed by atoms with Gasteiger partial charge in [-0.15, -0.1) is 11.3 Å². The van der Waals surface area contributed by atoms with Gasteiger partial charge in [-0.05, 0) is 54.8 Å². The molecule has 0 unspecified atom stereocenters. The molecule has 0 N–H and O–H groups in total. The SMILES string of the molecule is COc1ccc(-c2csc(=Nc3c(C)cccc3C)n2Cc2ccc3c(c2)OCO3)c(OC)c1. The van der Waals surface area contributed by atoms with E-state index in [1.165, 1.54) is 0 Å². The minimum Gasteiger partial charge on any atom is -0.497 e. The van der Waals surface area contributed by atoms with E-state index in [9.17, 15) is 0 Å². The molecule has 0 radical (unpaired) electrons. The fourth-order valence-corrected chi connectivity index (χ4v) is 5.00. The van der Waals surface area contributed by atoms with Crippen molar-refractivity contribution in [3.05, 3.63) is 81.5 Å². The predicted octanol–water partition coefficient (Wildman–Crippen LogP) is 5.86. The van der Waals surface area contributed by atoms with Crippen LogP contribution in [0.2, 0.25) is 0 Å². The quantitative estimate of drug-likeness (QED) is 0.351. The lowest BCUT2D eigenvalue weighted by Gasteiger charge is -2.14. The number of nitrogens with zero attached hydrogens (tertiary/aromatic N) is 2. The molecule has 1 aliphatic rings. The van der Waals surface area contributed by atoms with Crippen molar-refractivity contribution in [3.63, 3.8) is 0 Å². The van der Waals surface area contributed by atoms with Crippen molar-refractivity contribution < 1.29 is 18.9 Å². The summed E-state index contributed by atoms with van der Waals surface area (Å²) < 4.78 is 24.4. The van der Waals surface area contributed by atoms with E-state index in [1.54, 1.807) is 25.6 Å². The maximum Gasteiger partial charge on any atom is 0.231 e. The second kappa shape index (κ2) is 9.27. The van der Waals surface area contributed by atoms with Gasteiger partial charge in [-0.1, -0.05) is 24.3 Å². The lowest BCUT2D eigenvalue weighted by Crippen LogP contribution is -2.17. The number of hydrogen-bond acceptors (Lipinski definition) is 6. The smallest absolute Gasteiger partial charge is 0.231 e. The Morgan fingerprint density at radius 3 is 2.50 bits per heavy atom. The zero-order chi connectivity index (χ0) is 23.7. The third-order valence-electron chi connectivity index (χ3n) is 5.91. The van der Waals surface area contributed by atoms with Crippen LogP contribution in [0.1, 0.15) is 16.7 Å². The standard InChI is InChI=1S/C27H26N2O4S/c1-17-6-5-7-18(2)26(17)28-27-29(14-19-8-11-23-25(12-19)33-16-32-23)22(15-34-27)21-10-9-20(30-3)13-24(21)31-4/h5-13,15H,14,16H2,1-4H3. The van der Waals surface area contributed by atoms with Gasteiger partial charge in [0.25, 0.3) is 0 Å². The first-order chi connectivity index (χ1) is 16.6. The number of fused-ring (bicyclic) bond motifs is 1. The molecule has 4 aromatic rings. The van der Waals surface area contributed by atoms with Gasteiger partial charge in [-0.2, -0.15) is 0 Å². The van der Waals surface area contributed by atoms with Crippen LogP contribution < -0.4 is 23.7 Å². The van der Waals surface area contributed by atoms with Crippen LogP contribution >= 0.6 is 11.3 Å². The van der Waals surface area contributed by atoms with Crippen LogP contribution in [0, 0.1) is 13.8 Å². The summed E-state index contributed by atoms with van der Waals surface area (Å²) in [4.78, 5) is 6.01. The van der Waals surface area contributed by atoms with Crippen LogP contribution in [0.4, 0.5) is 5.69 Å². The summed E-state index contributed by atoms with van der Waals surface area (Å²) in [6, 6.07) is 18.2. The van der Waals surface area contributed by atoms with Crippen LogP contribution in [0.5, 0.6) is 23.0 Å². The monoisotopic (exact) mass is 474 g/mol. The lowest BCUT2D eigenvalue weighted by atomic mass is 10.1. The highest BCUT2D eigenvalue weighted by molar-refractivity contribution is 7.07. The molecular formula is C27H26N2O4S. The van der Waals surface area contributed by atoms with Crippen LogP contribution in [0.3, 0.4) is 0 Å². The molecule has 6 nitrogen and oxygen atoms in total. The first kappa shape index (κ1) is 22.1. The lowest BCUT2D eigenvalue weighted by molar-refractivity contribution is 0.174. The van der Waals surface area contributed by atoms with E-state index in [4.69, 9.17) is 23.9 Å². The highest BCUT2D eigenvalue weighted by Crippen LogP contribution is 2.36. The van der Waals surface area contributed by atoms with E-state index in [-0.39, 0.29) is 6.79 Å². The van der Waals surface area contributed by atoms with Crippen LogP contribution in [-0.2, 0) is 6.54 Å². The minimum atomic E-state index is 0.256. The molecule has 1 aromatic heterocycles. The summed E-state index contributed by atoms with van der Waals surface area (Å²) in [5.74, 6) is 3.04. The number of ether oxygens (including phenoxy) is 4. The predicted molar refractivity (Wildman–Crippen MR) is 134 cm³/mol. The molecular weight excluding hydrogens is 448 g/mol. The molecule has 0 amide bonds. The molecule has 0 saturated heterocycles. The van der Waals surface area contributed by atoms with Gasteiger partial charge in [0.1, 0.15) is 11.5 Å². The molecule has 1 aliphatic heterocycles. The average molecular weight is 475 g/mol. The summed E-state index contributed by atoms with van der Waals surface area (Å²) >= 11 is 1.61. The zero-order valence-electron chi connectivity index (χ0n) is 19.6. The number of para-hydroxylation sites is 1. The van der Waals surface area contributed by atoms with Gasteiger partial charge in [0, 0.05) is 17.0 Å². The van der Waals surface area contributed by atoms with Gasteiger partial charge in [0.15, 0.2) is 16.3 Å². The highest BCUT2D eigenvalue weighted by atomic mass is 32.1. The van der Waals surface area contributed by atoms with Crippen molar-refractivity contribution in [2.24, 2.45) is 4.99 Å². The molecule has 7 heteroatoms. The van der Waals surface area contributed by atoms with Gasteiger partial charge in [-0.25, -0.2) is 4.99 Å². The number of methoxy groups -OCH3 is 2. The molecule has 34 heavy (non-hydrogen) atoms. The Kier molecular flexibility index (Phi) is 6.02. The number of aromatic nitrogens is 1. The van der Waals surface area contributed by atoms with E-state index < -0.39 is 0 Å². The van der Waals surface area contributed by atoms with Gasteiger partial charge in [0.05, 0.1) is 32.1 Å². The molecule has 5 rings (SSSR count). The third kappa shape index (κ3) is 4.15. The Labute approximate surface area is 202 Å². The Bertz CT molecular complexity index is 1400. The van der Waals surface area contributed by atoms with E-state index in [1.807, 2.05) is 30.3 Å². The van der Waals surface area contributed by atoms with E-state index >= 15 is 0 Å². The second-order valence-electron chi connectivity index (χ2n) is 8.10. The Morgan fingerprint density at radius 1 is 0.941 bits per heavy atom. The van der Waals surface area contributed by atoms with Crippen LogP contribution in [0.25, 0.3) is 11.3 Å². The van der Waals surface area contributed by atoms with Crippen molar-refractivity contribution in [1.29, 1.82) is 0 Å². The minimum absolute atomic E-state index is 0.256. The fourth-order valence-electron chi connectivity index (χ4n) is 4.10. The van der Waals surface area contributed by atoms with E-state index in [2.05, 4.69) is 48.1 Å². The van der Waals surface area contributed by atoms with Crippen molar-refractivity contribution >= 4 is 17.0 Å². The second-order valence-corrected chi connectivity index (χ2v) is 8.93. The molecule has 0 bridgehead atoms. The summed E-state index contributed by atoms with van der Waals surface area (Å²) in [5.41, 5.74) is 6.38. The molecule has 3 aromatic carbocycles. The summed E-state index contributed by atoms with van der Waals surface area (Å²) in [5, 5.41) is 2.13. The molecule has 0 atom stereocenters. The molecule has 0 fully saturated rings. The largest absolute Gasteiger partial charge is 0.497 e. The summed E-state index contributed by atoms with van der Waals surface area (Å²) in [7, 11) is 3.33. The average Bonchev–Trinajstić information content (AvgIpc) is 3.47.